The molecule has 0 fully saturated rings. The fourth-order valence-electron chi connectivity index (χ4n) is 1.52. The maximum absolute atomic E-state index is 13.0. The minimum absolute atomic E-state index is 0.0663. The fraction of sp³-hybridized carbons (Fsp3) is 0.0769. The molecule has 2 rings (SSSR count). The lowest BCUT2D eigenvalue weighted by Crippen LogP contribution is -1.89. The average Bonchev–Trinajstić information content (AvgIpc) is 2.29. The summed E-state index contributed by atoms with van der Waals surface area (Å²) >= 11 is 0. The molecule has 0 saturated heterocycles. The molecule has 0 saturated carbocycles. The first-order valence-corrected chi connectivity index (χ1v) is 4.67. The van der Waals surface area contributed by atoms with Gasteiger partial charge in [-0.25, -0.2) is 4.39 Å². The second kappa shape index (κ2) is 4.24. The zero-order chi connectivity index (χ0) is 10.7. The van der Waals surface area contributed by atoms with Crippen LogP contribution in [0.25, 0.3) is 11.1 Å². The number of hydrogen-bond donors (Lipinski definition) is 1. The van der Waals surface area contributed by atoms with Crippen molar-refractivity contribution in [3.05, 3.63) is 59.9 Å². The van der Waals surface area contributed by atoms with Crippen LogP contribution in [0.2, 0.25) is 0 Å². The molecule has 15 heavy (non-hydrogen) atoms. The molecule has 1 N–H and O–H groups in total. The number of aliphatic hydroxyl groups excluding tert-OH is 1. The molecule has 0 spiro atoms. The van der Waals surface area contributed by atoms with Crippen LogP contribution in [-0.2, 0) is 6.61 Å². The maximum Gasteiger partial charge on any atom is 0.123 e. The van der Waals surface area contributed by atoms with E-state index in [4.69, 9.17) is 5.11 Å². The van der Waals surface area contributed by atoms with Gasteiger partial charge in [0.2, 0.25) is 0 Å². The maximum atomic E-state index is 13.0. The third-order valence-electron chi connectivity index (χ3n) is 2.23. The van der Waals surface area contributed by atoms with E-state index in [-0.39, 0.29) is 12.4 Å². The second-order valence-electron chi connectivity index (χ2n) is 3.24. The Balaban J connectivity index is 2.53. The van der Waals surface area contributed by atoms with Gasteiger partial charge in [-0.05, 0) is 34.9 Å². The molecule has 0 unspecified atom stereocenters. The van der Waals surface area contributed by atoms with Crippen LogP contribution in [-0.4, -0.2) is 5.11 Å². The fourth-order valence-corrected chi connectivity index (χ4v) is 1.52. The highest BCUT2D eigenvalue weighted by atomic mass is 19.1. The van der Waals surface area contributed by atoms with E-state index >= 15 is 0 Å². The summed E-state index contributed by atoms with van der Waals surface area (Å²) in [6.45, 7) is -0.0663. The van der Waals surface area contributed by atoms with Crippen LogP contribution in [0.5, 0.6) is 0 Å². The Morgan fingerprint density at radius 1 is 1.20 bits per heavy atom. The second-order valence-corrected chi connectivity index (χ2v) is 3.24. The first-order valence-electron chi connectivity index (χ1n) is 4.67. The van der Waals surface area contributed by atoms with Gasteiger partial charge in [0.1, 0.15) is 5.82 Å². The summed E-state index contributed by atoms with van der Waals surface area (Å²) in [5.41, 5.74) is 2.24. The molecule has 0 aliphatic heterocycles. The molecule has 2 aromatic carbocycles. The number of benzene rings is 2. The highest BCUT2D eigenvalue weighted by Crippen LogP contribution is 2.23. The van der Waals surface area contributed by atoms with E-state index in [2.05, 4.69) is 6.07 Å². The van der Waals surface area contributed by atoms with Crippen molar-refractivity contribution in [2.75, 3.05) is 0 Å². The van der Waals surface area contributed by atoms with Gasteiger partial charge < -0.3 is 5.11 Å². The van der Waals surface area contributed by atoms with E-state index in [1.807, 2.05) is 0 Å². The Morgan fingerprint density at radius 2 is 2.07 bits per heavy atom. The lowest BCUT2D eigenvalue weighted by atomic mass is 10.0. The molecule has 0 aromatic heterocycles. The lowest BCUT2D eigenvalue weighted by molar-refractivity contribution is 0.282. The van der Waals surface area contributed by atoms with Crippen molar-refractivity contribution < 1.29 is 9.50 Å². The van der Waals surface area contributed by atoms with Crippen molar-refractivity contribution in [3.63, 3.8) is 0 Å². The number of rotatable bonds is 2. The minimum atomic E-state index is -0.284. The van der Waals surface area contributed by atoms with E-state index < -0.39 is 0 Å². The number of hydrogen-bond acceptors (Lipinski definition) is 1. The van der Waals surface area contributed by atoms with Gasteiger partial charge in [-0.3, -0.25) is 0 Å². The summed E-state index contributed by atoms with van der Waals surface area (Å²) < 4.78 is 13.0. The largest absolute Gasteiger partial charge is 0.392 e. The SMILES string of the molecule is OCc1ccc[c]c1-c1cccc(F)c1. The Morgan fingerprint density at radius 3 is 2.80 bits per heavy atom. The first kappa shape index (κ1) is 9.87. The van der Waals surface area contributed by atoms with Crippen LogP contribution in [0.15, 0.2) is 42.5 Å². The molecule has 75 valence electrons. The first-order chi connectivity index (χ1) is 7.31. The predicted octanol–water partition coefficient (Wildman–Crippen LogP) is 2.79. The van der Waals surface area contributed by atoms with Gasteiger partial charge in [0.05, 0.1) is 6.61 Å². The third-order valence-corrected chi connectivity index (χ3v) is 2.23. The van der Waals surface area contributed by atoms with Crippen LogP contribution in [0.4, 0.5) is 4.39 Å². The Bertz CT molecular complexity index is 466. The molecular formula is C13H10FO. The summed E-state index contributed by atoms with van der Waals surface area (Å²) in [6, 6.07) is 14.6. The van der Waals surface area contributed by atoms with Crippen molar-refractivity contribution in [2.45, 2.75) is 6.61 Å². The van der Waals surface area contributed by atoms with Crippen LogP contribution >= 0.6 is 0 Å². The molecule has 1 radical (unpaired) electrons. The lowest BCUT2D eigenvalue weighted by Gasteiger charge is -2.06. The van der Waals surface area contributed by atoms with Gasteiger partial charge in [0, 0.05) is 0 Å². The van der Waals surface area contributed by atoms with Gasteiger partial charge in [-0.2, -0.15) is 0 Å². The number of halogens is 1. The summed E-state index contributed by atoms with van der Waals surface area (Å²) in [4.78, 5) is 0. The van der Waals surface area contributed by atoms with Crippen molar-refractivity contribution in [3.8, 4) is 11.1 Å². The van der Waals surface area contributed by atoms with Crippen molar-refractivity contribution in [1.82, 2.24) is 0 Å². The summed E-state index contributed by atoms with van der Waals surface area (Å²) in [5.74, 6) is -0.284. The quantitative estimate of drug-likeness (QED) is 0.792. The van der Waals surface area contributed by atoms with E-state index in [0.717, 1.165) is 16.7 Å². The highest BCUT2D eigenvalue weighted by Gasteiger charge is 2.04. The number of aliphatic hydroxyl groups is 1. The molecule has 0 aliphatic rings. The zero-order valence-electron chi connectivity index (χ0n) is 8.07. The van der Waals surface area contributed by atoms with Crippen molar-refractivity contribution in [2.24, 2.45) is 0 Å². The molecule has 0 amide bonds. The van der Waals surface area contributed by atoms with Crippen LogP contribution < -0.4 is 0 Å². The molecule has 1 nitrogen and oxygen atoms in total. The molecular weight excluding hydrogens is 191 g/mol. The molecule has 0 atom stereocenters. The van der Waals surface area contributed by atoms with E-state index in [1.54, 1.807) is 30.3 Å². The summed E-state index contributed by atoms with van der Waals surface area (Å²) in [5, 5.41) is 9.14. The van der Waals surface area contributed by atoms with Crippen molar-refractivity contribution >= 4 is 0 Å². The molecule has 2 aromatic rings. The standard InChI is InChI=1S/C13H10FO/c14-12-6-3-5-10(8-12)13-7-2-1-4-11(13)9-15/h1-6,8,15H,9H2. The Labute approximate surface area is 87.8 Å². The topological polar surface area (TPSA) is 20.2 Å². The minimum Gasteiger partial charge on any atom is -0.392 e. The molecule has 0 bridgehead atoms. The van der Waals surface area contributed by atoms with Gasteiger partial charge >= 0.3 is 0 Å². The van der Waals surface area contributed by atoms with E-state index in [0.29, 0.717) is 0 Å². The molecule has 0 aliphatic carbocycles. The van der Waals surface area contributed by atoms with Gasteiger partial charge in [0.25, 0.3) is 0 Å². The smallest absolute Gasteiger partial charge is 0.123 e. The van der Waals surface area contributed by atoms with Crippen LogP contribution in [0.3, 0.4) is 0 Å². The predicted molar refractivity (Wildman–Crippen MR) is 56.6 cm³/mol. The van der Waals surface area contributed by atoms with E-state index in [1.165, 1.54) is 12.1 Å². The average molecular weight is 201 g/mol. The molecule has 2 heteroatoms. The van der Waals surface area contributed by atoms with Gasteiger partial charge in [0.15, 0.2) is 0 Å². The summed E-state index contributed by atoms with van der Waals surface area (Å²) in [7, 11) is 0. The zero-order valence-corrected chi connectivity index (χ0v) is 8.07. The Kier molecular flexibility index (Phi) is 2.79. The van der Waals surface area contributed by atoms with Gasteiger partial charge in [-0.15, -0.1) is 0 Å². The van der Waals surface area contributed by atoms with Gasteiger partial charge in [-0.1, -0.05) is 30.3 Å². The monoisotopic (exact) mass is 201 g/mol. The van der Waals surface area contributed by atoms with Crippen LogP contribution in [0, 0.1) is 11.9 Å². The van der Waals surface area contributed by atoms with E-state index in [9.17, 15) is 4.39 Å². The van der Waals surface area contributed by atoms with Crippen LogP contribution in [0.1, 0.15) is 5.56 Å². The normalized spacial score (nSPS) is 10.3. The highest BCUT2D eigenvalue weighted by molar-refractivity contribution is 5.66. The Hall–Kier alpha value is -1.67. The third kappa shape index (κ3) is 2.05. The molecule has 0 heterocycles. The summed E-state index contributed by atoms with van der Waals surface area (Å²) in [6.07, 6.45) is 0. The van der Waals surface area contributed by atoms with Crippen molar-refractivity contribution in [1.29, 1.82) is 0 Å².